The van der Waals surface area contributed by atoms with E-state index in [-0.39, 0.29) is 17.9 Å². The van der Waals surface area contributed by atoms with Gasteiger partial charge in [0.05, 0.1) is 4.47 Å². The average Bonchev–Trinajstić information content (AvgIpc) is 2.13. The van der Waals surface area contributed by atoms with E-state index in [9.17, 15) is 9.90 Å². The van der Waals surface area contributed by atoms with Crippen molar-refractivity contribution in [3.8, 4) is 11.5 Å². The first-order valence-electron chi connectivity index (χ1n) is 3.93. The third kappa shape index (κ3) is 2.38. The van der Waals surface area contributed by atoms with Crippen LogP contribution < -0.4 is 0 Å². The summed E-state index contributed by atoms with van der Waals surface area (Å²) in [6, 6.07) is 2.90. The molecule has 0 aromatic heterocycles. The molecule has 4 nitrogen and oxygen atoms in total. The highest BCUT2D eigenvalue weighted by Crippen LogP contribution is 2.36. The van der Waals surface area contributed by atoms with E-state index in [1.807, 2.05) is 0 Å². The van der Waals surface area contributed by atoms with Crippen LogP contribution in [-0.2, 0) is 11.2 Å². The smallest absolute Gasteiger partial charge is 0.303 e. The molecule has 1 aromatic rings. The number of aliphatic carboxylic acids is 1. The van der Waals surface area contributed by atoms with Crippen molar-refractivity contribution in [2.24, 2.45) is 0 Å². The topological polar surface area (TPSA) is 77.8 Å². The minimum absolute atomic E-state index is 0.0111. The first kappa shape index (κ1) is 10.8. The zero-order valence-corrected chi connectivity index (χ0v) is 8.78. The Morgan fingerprint density at radius 2 is 2.00 bits per heavy atom. The molecule has 1 aromatic carbocycles. The lowest BCUT2D eigenvalue weighted by molar-refractivity contribution is -0.136. The third-order valence-electron chi connectivity index (χ3n) is 1.78. The molecule has 0 radical (unpaired) electrons. The van der Waals surface area contributed by atoms with Crippen molar-refractivity contribution in [3.05, 3.63) is 22.2 Å². The molecule has 3 N–H and O–H groups in total. The maximum absolute atomic E-state index is 10.3. The van der Waals surface area contributed by atoms with Gasteiger partial charge in [-0.15, -0.1) is 0 Å². The maximum Gasteiger partial charge on any atom is 0.303 e. The number of halogens is 1. The lowest BCUT2D eigenvalue weighted by Gasteiger charge is -2.05. The molecule has 0 fully saturated rings. The van der Waals surface area contributed by atoms with Gasteiger partial charge in [-0.1, -0.05) is 6.07 Å². The second-order valence-corrected chi connectivity index (χ2v) is 3.59. The first-order chi connectivity index (χ1) is 6.52. The number of hydrogen-bond donors (Lipinski definition) is 3. The zero-order chi connectivity index (χ0) is 10.7. The molecule has 0 heterocycles. The molecule has 0 unspecified atom stereocenters. The quantitative estimate of drug-likeness (QED) is 0.726. The molecule has 14 heavy (non-hydrogen) atoms. The minimum atomic E-state index is -0.899. The van der Waals surface area contributed by atoms with E-state index in [0.29, 0.717) is 16.5 Å². The number of carboxylic acids is 1. The van der Waals surface area contributed by atoms with Crippen molar-refractivity contribution in [3.63, 3.8) is 0 Å². The summed E-state index contributed by atoms with van der Waals surface area (Å²) in [7, 11) is 0. The normalized spacial score (nSPS) is 10.1. The fraction of sp³-hybridized carbons (Fsp3) is 0.222. The van der Waals surface area contributed by atoms with Gasteiger partial charge in [0.15, 0.2) is 11.5 Å². The zero-order valence-electron chi connectivity index (χ0n) is 7.20. The Morgan fingerprint density at radius 1 is 1.36 bits per heavy atom. The highest BCUT2D eigenvalue weighted by atomic mass is 79.9. The van der Waals surface area contributed by atoms with Gasteiger partial charge in [0, 0.05) is 6.42 Å². The van der Waals surface area contributed by atoms with Crippen molar-refractivity contribution in [2.75, 3.05) is 0 Å². The predicted molar refractivity (Wildman–Crippen MR) is 53.4 cm³/mol. The summed E-state index contributed by atoms with van der Waals surface area (Å²) in [4.78, 5) is 10.3. The lowest BCUT2D eigenvalue weighted by atomic mass is 10.1. The van der Waals surface area contributed by atoms with Crippen LogP contribution in [0.15, 0.2) is 16.6 Å². The van der Waals surface area contributed by atoms with Gasteiger partial charge >= 0.3 is 5.97 Å². The second kappa shape index (κ2) is 4.32. The molecule has 0 aliphatic carbocycles. The number of phenols is 2. The van der Waals surface area contributed by atoms with E-state index in [2.05, 4.69) is 15.9 Å². The van der Waals surface area contributed by atoms with Gasteiger partial charge in [-0.2, -0.15) is 0 Å². The Labute approximate surface area is 88.9 Å². The molecule has 0 saturated heterocycles. The number of rotatable bonds is 3. The molecule has 0 aliphatic rings. The monoisotopic (exact) mass is 260 g/mol. The van der Waals surface area contributed by atoms with Crippen molar-refractivity contribution in [1.82, 2.24) is 0 Å². The van der Waals surface area contributed by atoms with Gasteiger partial charge in [-0.05, 0) is 34.0 Å². The fourth-order valence-electron chi connectivity index (χ4n) is 1.03. The van der Waals surface area contributed by atoms with Gasteiger partial charge < -0.3 is 15.3 Å². The van der Waals surface area contributed by atoms with Crippen molar-refractivity contribution in [1.29, 1.82) is 0 Å². The number of benzene rings is 1. The standard InChI is InChI=1S/C9H9BrO4/c10-8-5(2-4-7(12)13)1-3-6(11)9(8)14/h1,3,11,14H,2,4H2,(H,12,13). The van der Waals surface area contributed by atoms with E-state index in [1.165, 1.54) is 6.07 Å². The summed E-state index contributed by atoms with van der Waals surface area (Å²) >= 11 is 3.08. The number of aryl methyl sites for hydroxylation is 1. The Balaban J connectivity index is 2.88. The van der Waals surface area contributed by atoms with Crippen LogP contribution in [0.1, 0.15) is 12.0 Å². The Bertz CT molecular complexity index is 362. The van der Waals surface area contributed by atoms with Crippen molar-refractivity contribution >= 4 is 21.9 Å². The molecule has 0 aliphatic heterocycles. The first-order valence-corrected chi connectivity index (χ1v) is 4.72. The van der Waals surface area contributed by atoms with E-state index >= 15 is 0 Å². The predicted octanol–water partition coefficient (Wildman–Crippen LogP) is 1.88. The van der Waals surface area contributed by atoms with Crippen LogP contribution in [0.5, 0.6) is 11.5 Å². The van der Waals surface area contributed by atoms with Crippen LogP contribution in [0.2, 0.25) is 0 Å². The average molecular weight is 261 g/mol. The van der Waals surface area contributed by atoms with Gasteiger partial charge in [-0.3, -0.25) is 4.79 Å². The van der Waals surface area contributed by atoms with Crippen molar-refractivity contribution < 1.29 is 20.1 Å². The molecule has 0 spiro atoms. The molecular weight excluding hydrogens is 252 g/mol. The molecule has 1 rings (SSSR count). The van der Waals surface area contributed by atoms with Crippen LogP contribution in [-0.4, -0.2) is 21.3 Å². The molecule has 0 bridgehead atoms. The summed E-state index contributed by atoms with van der Waals surface area (Å²) in [6.45, 7) is 0. The van der Waals surface area contributed by atoms with Crippen LogP contribution in [0.4, 0.5) is 0 Å². The van der Waals surface area contributed by atoms with Crippen LogP contribution in [0.25, 0.3) is 0 Å². The largest absolute Gasteiger partial charge is 0.504 e. The summed E-state index contributed by atoms with van der Waals surface area (Å²) in [5.74, 6) is -1.38. The minimum Gasteiger partial charge on any atom is -0.504 e. The molecule has 0 amide bonds. The SMILES string of the molecule is O=C(O)CCc1ccc(O)c(O)c1Br. The number of phenolic OH excluding ortho intramolecular Hbond substituents is 2. The number of aromatic hydroxyl groups is 2. The van der Waals surface area contributed by atoms with E-state index < -0.39 is 5.97 Å². The Morgan fingerprint density at radius 3 is 2.57 bits per heavy atom. The van der Waals surface area contributed by atoms with Gasteiger partial charge in [0.2, 0.25) is 0 Å². The molecule has 0 saturated carbocycles. The molecule has 76 valence electrons. The second-order valence-electron chi connectivity index (χ2n) is 2.80. The fourth-order valence-corrected chi connectivity index (χ4v) is 1.56. The van der Waals surface area contributed by atoms with Gasteiger partial charge in [0.25, 0.3) is 0 Å². The van der Waals surface area contributed by atoms with E-state index in [4.69, 9.17) is 10.2 Å². The number of carboxylic acid groups (broad SMARTS) is 1. The van der Waals surface area contributed by atoms with Gasteiger partial charge in [-0.25, -0.2) is 0 Å². The number of hydrogen-bond acceptors (Lipinski definition) is 3. The van der Waals surface area contributed by atoms with Gasteiger partial charge in [0.1, 0.15) is 0 Å². The van der Waals surface area contributed by atoms with E-state index in [1.54, 1.807) is 6.07 Å². The Hall–Kier alpha value is -1.23. The lowest BCUT2D eigenvalue weighted by Crippen LogP contribution is -1.98. The number of carbonyl (C=O) groups is 1. The van der Waals surface area contributed by atoms with E-state index in [0.717, 1.165) is 0 Å². The summed E-state index contributed by atoms with van der Waals surface area (Å²) in [6.07, 6.45) is 0.298. The van der Waals surface area contributed by atoms with Crippen LogP contribution in [0, 0.1) is 0 Å². The summed E-state index contributed by atoms with van der Waals surface area (Å²) in [5.41, 5.74) is 0.655. The molecule has 0 atom stereocenters. The van der Waals surface area contributed by atoms with Crippen molar-refractivity contribution in [2.45, 2.75) is 12.8 Å². The van der Waals surface area contributed by atoms with Crippen LogP contribution in [0.3, 0.4) is 0 Å². The molecular formula is C9H9BrO4. The highest BCUT2D eigenvalue weighted by molar-refractivity contribution is 9.10. The summed E-state index contributed by atoms with van der Waals surface area (Å²) < 4.78 is 0.346. The Kier molecular flexibility index (Phi) is 3.35. The molecule has 5 heteroatoms. The maximum atomic E-state index is 10.3. The third-order valence-corrected chi connectivity index (χ3v) is 2.67. The summed E-state index contributed by atoms with van der Waals surface area (Å²) in [5, 5.41) is 26.9. The van der Waals surface area contributed by atoms with Crippen LogP contribution >= 0.6 is 15.9 Å². The highest BCUT2D eigenvalue weighted by Gasteiger charge is 2.10.